The Bertz CT molecular complexity index is 1770. The van der Waals surface area contributed by atoms with Crippen molar-refractivity contribution in [2.45, 2.75) is 89.6 Å². The van der Waals surface area contributed by atoms with Crippen LogP contribution in [0.5, 0.6) is 5.75 Å². The molecule has 12 nitrogen and oxygen atoms in total. The number of hydrogen-bond acceptors (Lipinski definition) is 8. The first-order valence-corrected chi connectivity index (χ1v) is 21.8. The zero-order valence-corrected chi connectivity index (χ0v) is 31.9. The van der Waals surface area contributed by atoms with Crippen molar-refractivity contribution in [3.05, 3.63) is 83.7 Å². The molecule has 1 saturated carbocycles. The Morgan fingerprint density at radius 3 is 2.29 bits per heavy atom. The van der Waals surface area contributed by atoms with Crippen LogP contribution in [-0.4, -0.2) is 74.6 Å². The topological polar surface area (TPSA) is 178 Å². The van der Waals surface area contributed by atoms with Crippen LogP contribution in [0.1, 0.15) is 80.5 Å². The number of amides is 3. The number of rotatable bonds is 15. The van der Waals surface area contributed by atoms with E-state index in [1.165, 1.54) is 11.0 Å². The third kappa shape index (κ3) is 11.4. The van der Waals surface area contributed by atoms with Gasteiger partial charge in [-0.3, -0.25) is 14.6 Å². The summed E-state index contributed by atoms with van der Waals surface area (Å²) in [4.78, 5) is 42.3. The lowest BCUT2D eigenvalue weighted by atomic mass is 9.97. The molecule has 0 unspecified atom stereocenters. The number of carboxylic acid groups (broad SMARTS) is 1. The van der Waals surface area contributed by atoms with E-state index in [1.54, 1.807) is 24.5 Å². The summed E-state index contributed by atoms with van der Waals surface area (Å²) in [6.07, 6.45) is 7.00. The second kappa shape index (κ2) is 16.8. The summed E-state index contributed by atoms with van der Waals surface area (Å²) in [5.41, 5.74) is 8.41. The number of aromatic nitrogens is 1. The molecule has 4 rings (SSSR count). The summed E-state index contributed by atoms with van der Waals surface area (Å²) >= 11 is 0. The number of nitrogens with two attached hydrogens (primary N) is 1. The van der Waals surface area contributed by atoms with Crippen molar-refractivity contribution in [1.82, 2.24) is 14.6 Å². The summed E-state index contributed by atoms with van der Waals surface area (Å²) in [6, 6.07) is 16.3. The SMILES string of the molecule is CC(C)(C)[Si](C)(C)O[C@H](CN(CCc1ccc(-c2ccc(C(=O)NS(=O)(=O)CC(N)=O)c(OC3CCCCC3)c2)cc1)C(=O)O)c1cccnc1. The van der Waals surface area contributed by atoms with Gasteiger partial charge in [0.2, 0.25) is 15.9 Å². The molecule has 1 aromatic heterocycles. The number of carbonyl (C=O) groups excluding carboxylic acids is 2. The lowest BCUT2D eigenvalue weighted by molar-refractivity contribution is -0.115. The smallest absolute Gasteiger partial charge is 0.407 e. The van der Waals surface area contributed by atoms with Gasteiger partial charge in [-0.2, -0.15) is 0 Å². The zero-order valence-electron chi connectivity index (χ0n) is 30.1. The number of hydrogen-bond donors (Lipinski definition) is 3. The highest BCUT2D eigenvalue weighted by Gasteiger charge is 2.40. The van der Waals surface area contributed by atoms with Gasteiger partial charge in [-0.1, -0.05) is 63.6 Å². The minimum Gasteiger partial charge on any atom is -0.490 e. The van der Waals surface area contributed by atoms with Gasteiger partial charge in [0.05, 0.1) is 24.3 Å². The van der Waals surface area contributed by atoms with E-state index in [9.17, 15) is 27.9 Å². The number of benzene rings is 2. The van der Waals surface area contributed by atoms with Crippen LogP contribution < -0.4 is 15.2 Å². The van der Waals surface area contributed by atoms with Crippen molar-refractivity contribution in [2.24, 2.45) is 5.73 Å². The molecule has 1 aliphatic carbocycles. The van der Waals surface area contributed by atoms with Crippen LogP contribution in [-0.2, 0) is 25.7 Å². The summed E-state index contributed by atoms with van der Waals surface area (Å²) in [6.45, 7) is 11.2. The largest absolute Gasteiger partial charge is 0.490 e. The minimum atomic E-state index is -4.28. The number of pyridine rings is 1. The van der Waals surface area contributed by atoms with Gasteiger partial charge in [-0.15, -0.1) is 0 Å². The molecule has 1 aliphatic rings. The lowest BCUT2D eigenvalue weighted by Crippen LogP contribution is -2.45. The van der Waals surface area contributed by atoms with E-state index in [0.717, 1.165) is 54.4 Å². The van der Waals surface area contributed by atoms with Crippen LogP contribution in [0.25, 0.3) is 11.1 Å². The summed E-state index contributed by atoms with van der Waals surface area (Å²) in [7, 11) is -6.52. The maximum absolute atomic E-state index is 13.1. The molecule has 276 valence electrons. The second-order valence-electron chi connectivity index (χ2n) is 14.6. The van der Waals surface area contributed by atoms with Crippen LogP contribution in [0, 0.1) is 0 Å². The zero-order chi connectivity index (χ0) is 37.4. The molecule has 2 aromatic carbocycles. The highest BCUT2D eigenvalue weighted by molar-refractivity contribution is 7.90. The fourth-order valence-corrected chi connectivity index (χ4v) is 7.79. The number of sulfonamides is 1. The van der Waals surface area contributed by atoms with E-state index in [4.69, 9.17) is 14.9 Å². The molecule has 0 spiro atoms. The van der Waals surface area contributed by atoms with Crippen molar-refractivity contribution >= 4 is 36.2 Å². The normalized spacial score (nSPS) is 14.8. The first-order chi connectivity index (χ1) is 23.9. The summed E-state index contributed by atoms with van der Waals surface area (Å²) < 4.78 is 39.4. The van der Waals surface area contributed by atoms with Crippen LogP contribution in [0.4, 0.5) is 4.79 Å². The minimum absolute atomic E-state index is 0.0323. The van der Waals surface area contributed by atoms with Gasteiger partial charge >= 0.3 is 6.09 Å². The Balaban J connectivity index is 1.51. The molecule has 0 bridgehead atoms. The van der Waals surface area contributed by atoms with Gasteiger partial charge in [0.25, 0.3) is 5.91 Å². The van der Waals surface area contributed by atoms with Crippen LogP contribution in [0.15, 0.2) is 67.0 Å². The summed E-state index contributed by atoms with van der Waals surface area (Å²) in [5, 5.41) is 10.1. The molecule has 3 aromatic rings. The Hall–Kier alpha value is -4.27. The van der Waals surface area contributed by atoms with Gasteiger partial charge in [0.1, 0.15) is 11.5 Å². The molecule has 4 N–H and O–H groups in total. The highest BCUT2D eigenvalue weighted by atomic mass is 32.2. The number of primary amides is 1. The van der Waals surface area contributed by atoms with E-state index in [2.05, 4.69) is 38.8 Å². The fourth-order valence-electron chi connectivity index (χ4n) is 5.67. The van der Waals surface area contributed by atoms with Crippen molar-refractivity contribution < 1.29 is 37.1 Å². The van der Waals surface area contributed by atoms with Crippen molar-refractivity contribution in [1.29, 1.82) is 0 Å². The highest BCUT2D eigenvalue weighted by Crippen LogP contribution is 2.40. The Morgan fingerprint density at radius 1 is 1.04 bits per heavy atom. The second-order valence-corrected chi connectivity index (χ2v) is 21.1. The van der Waals surface area contributed by atoms with E-state index in [0.29, 0.717) is 6.42 Å². The first-order valence-electron chi connectivity index (χ1n) is 17.2. The number of carbonyl (C=O) groups is 3. The third-order valence-corrected chi connectivity index (χ3v) is 15.2. The predicted octanol–water partition coefficient (Wildman–Crippen LogP) is 6.29. The molecular formula is C37H50N4O8SSi. The number of ether oxygens (including phenoxy) is 1. The molecular weight excluding hydrogens is 689 g/mol. The maximum Gasteiger partial charge on any atom is 0.407 e. The van der Waals surface area contributed by atoms with E-state index < -0.39 is 48.1 Å². The van der Waals surface area contributed by atoms with Crippen molar-refractivity contribution in [3.63, 3.8) is 0 Å². The molecule has 1 heterocycles. The molecule has 14 heteroatoms. The van der Waals surface area contributed by atoms with Gasteiger partial charge in [0.15, 0.2) is 8.32 Å². The van der Waals surface area contributed by atoms with E-state index in [-0.39, 0.29) is 35.5 Å². The average molecular weight is 739 g/mol. The van der Waals surface area contributed by atoms with Crippen LogP contribution in [0.2, 0.25) is 18.1 Å². The number of nitrogens with one attached hydrogen (secondary N) is 1. The Kier molecular flexibility index (Phi) is 13.0. The summed E-state index contributed by atoms with van der Waals surface area (Å²) in [5.74, 6) is -2.75. The van der Waals surface area contributed by atoms with Crippen molar-refractivity contribution in [2.75, 3.05) is 18.8 Å². The van der Waals surface area contributed by atoms with Crippen molar-refractivity contribution in [3.8, 4) is 16.9 Å². The number of nitrogens with zero attached hydrogens (tertiary/aromatic N) is 2. The van der Waals surface area contributed by atoms with E-state index >= 15 is 0 Å². The molecule has 0 radical (unpaired) electrons. The first kappa shape index (κ1) is 39.5. The van der Waals surface area contributed by atoms with Gasteiger partial charge in [-0.25, -0.2) is 17.9 Å². The van der Waals surface area contributed by atoms with Gasteiger partial charge in [0, 0.05) is 18.9 Å². The molecule has 0 saturated heterocycles. The molecule has 1 fully saturated rings. The standard InChI is InChI=1S/C37H50N4O8SSi/c1-37(2,3)51(4,5)49-33(29-10-9-20-39-23-29)24-41(36(44)45)21-19-26-13-15-27(16-14-26)28-17-18-31(35(43)40-50(46,47)25-34(38)42)32(22-28)48-30-11-7-6-8-12-30/h9-10,13-18,20,22-23,30,33H,6-8,11-12,19,21,24-25H2,1-5H3,(H2,38,42)(H,40,43)(H,44,45)/t33-/m1/s1. The Labute approximate surface area is 301 Å². The molecule has 1 atom stereocenters. The molecule has 51 heavy (non-hydrogen) atoms. The van der Waals surface area contributed by atoms with Crippen LogP contribution >= 0.6 is 0 Å². The fraction of sp³-hybridized carbons (Fsp3) is 0.459. The van der Waals surface area contributed by atoms with E-state index in [1.807, 2.05) is 41.1 Å². The maximum atomic E-state index is 13.1. The lowest BCUT2D eigenvalue weighted by Gasteiger charge is -2.40. The quantitative estimate of drug-likeness (QED) is 0.151. The van der Waals surface area contributed by atoms with Gasteiger partial charge in [-0.05, 0) is 90.7 Å². The van der Waals surface area contributed by atoms with Crippen LogP contribution in [0.3, 0.4) is 0 Å². The monoisotopic (exact) mass is 738 g/mol. The predicted molar refractivity (Wildman–Crippen MR) is 198 cm³/mol. The third-order valence-electron chi connectivity index (χ3n) is 9.57. The molecule has 0 aliphatic heterocycles. The average Bonchev–Trinajstić information content (AvgIpc) is 3.05. The Morgan fingerprint density at radius 2 is 1.71 bits per heavy atom. The van der Waals surface area contributed by atoms with Gasteiger partial charge < -0.3 is 24.9 Å². The molecule has 3 amide bonds.